The van der Waals surface area contributed by atoms with Crippen LogP contribution < -0.4 is 11.1 Å². The zero-order valence-electron chi connectivity index (χ0n) is 9.01. The summed E-state index contributed by atoms with van der Waals surface area (Å²) in [5.74, 6) is -0.538. The molecule has 1 aromatic rings. The smallest absolute Gasteiger partial charge is 0.288 e. The topological polar surface area (TPSA) is 111 Å². The molecular weight excluding hydrogens is 248 g/mol. The van der Waals surface area contributed by atoms with Gasteiger partial charge in [0.05, 0.1) is 10.5 Å². The highest BCUT2D eigenvalue weighted by atomic mass is 35.5. The SMILES string of the molecule is CC(N)CNC(=O)c1cc([N+](=O)[O-])cnc1Cl. The molecule has 0 aromatic carbocycles. The van der Waals surface area contributed by atoms with Crippen LogP contribution in [-0.2, 0) is 0 Å². The van der Waals surface area contributed by atoms with Gasteiger partial charge < -0.3 is 11.1 Å². The molecular formula is C9H11ClN4O3. The third kappa shape index (κ3) is 3.65. The maximum Gasteiger partial charge on any atom is 0.288 e. The number of carbonyl (C=O) groups is 1. The monoisotopic (exact) mass is 258 g/mol. The summed E-state index contributed by atoms with van der Waals surface area (Å²) in [7, 11) is 0. The molecule has 3 N–H and O–H groups in total. The minimum atomic E-state index is -0.647. The molecule has 17 heavy (non-hydrogen) atoms. The van der Waals surface area contributed by atoms with Crippen LogP contribution in [-0.4, -0.2) is 28.4 Å². The summed E-state index contributed by atoms with van der Waals surface area (Å²) in [5, 5.41) is 12.9. The van der Waals surface area contributed by atoms with E-state index in [0.717, 1.165) is 12.3 Å². The van der Waals surface area contributed by atoms with Crippen molar-refractivity contribution >= 4 is 23.2 Å². The molecule has 0 saturated heterocycles. The van der Waals surface area contributed by atoms with E-state index in [2.05, 4.69) is 10.3 Å². The van der Waals surface area contributed by atoms with Crippen LogP contribution in [0.5, 0.6) is 0 Å². The molecule has 1 unspecified atom stereocenters. The minimum absolute atomic E-state index is 0.0403. The first-order valence-electron chi connectivity index (χ1n) is 4.75. The lowest BCUT2D eigenvalue weighted by molar-refractivity contribution is -0.385. The van der Waals surface area contributed by atoms with Crippen LogP contribution in [0.3, 0.4) is 0 Å². The van der Waals surface area contributed by atoms with Gasteiger partial charge >= 0.3 is 0 Å². The number of aromatic nitrogens is 1. The van der Waals surface area contributed by atoms with Gasteiger partial charge in [-0.2, -0.15) is 0 Å². The number of nitro groups is 1. The van der Waals surface area contributed by atoms with Crippen molar-refractivity contribution in [2.75, 3.05) is 6.54 Å². The van der Waals surface area contributed by atoms with E-state index >= 15 is 0 Å². The number of pyridine rings is 1. The van der Waals surface area contributed by atoms with Crippen LogP contribution in [0.1, 0.15) is 17.3 Å². The van der Waals surface area contributed by atoms with E-state index < -0.39 is 10.8 Å². The summed E-state index contributed by atoms with van der Waals surface area (Å²) in [5.41, 5.74) is 5.13. The van der Waals surface area contributed by atoms with Gasteiger partial charge in [0.15, 0.2) is 0 Å². The van der Waals surface area contributed by atoms with Gasteiger partial charge in [0.25, 0.3) is 11.6 Å². The summed E-state index contributed by atoms with van der Waals surface area (Å²) in [6.45, 7) is 1.96. The van der Waals surface area contributed by atoms with Crippen LogP contribution in [0.15, 0.2) is 12.3 Å². The lowest BCUT2D eigenvalue weighted by Gasteiger charge is -2.08. The number of nitrogens with zero attached hydrogens (tertiary/aromatic N) is 2. The molecule has 1 atom stereocenters. The van der Waals surface area contributed by atoms with Gasteiger partial charge in [-0.05, 0) is 6.92 Å². The second kappa shape index (κ2) is 5.55. The molecule has 1 heterocycles. The number of carbonyl (C=O) groups excluding carboxylic acids is 1. The number of amides is 1. The Morgan fingerprint density at radius 1 is 1.76 bits per heavy atom. The highest BCUT2D eigenvalue weighted by Gasteiger charge is 2.16. The standard InChI is InChI=1S/C9H11ClN4O3/c1-5(11)3-13-9(15)7-2-6(14(16)17)4-12-8(7)10/h2,4-5H,3,11H2,1H3,(H,13,15). The summed E-state index contributed by atoms with van der Waals surface area (Å²) in [4.78, 5) is 25.1. The predicted octanol–water partition coefficient (Wildman–Crippen LogP) is 0.720. The van der Waals surface area contributed by atoms with Crippen molar-refractivity contribution in [3.8, 4) is 0 Å². The number of nitrogens with one attached hydrogen (secondary N) is 1. The maximum absolute atomic E-state index is 11.6. The molecule has 0 spiro atoms. The number of hydrogen-bond donors (Lipinski definition) is 2. The Morgan fingerprint density at radius 2 is 2.41 bits per heavy atom. The average Bonchev–Trinajstić information content (AvgIpc) is 2.26. The first kappa shape index (κ1) is 13.3. The van der Waals surface area contributed by atoms with E-state index in [0.29, 0.717) is 0 Å². The molecule has 7 nitrogen and oxygen atoms in total. The number of rotatable bonds is 4. The Kier molecular flexibility index (Phi) is 4.36. The van der Waals surface area contributed by atoms with Crippen molar-refractivity contribution in [2.45, 2.75) is 13.0 Å². The second-order valence-corrected chi connectivity index (χ2v) is 3.83. The molecule has 0 aliphatic heterocycles. The molecule has 1 amide bonds. The van der Waals surface area contributed by atoms with E-state index in [1.165, 1.54) is 0 Å². The van der Waals surface area contributed by atoms with Gasteiger partial charge in [-0.1, -0.05) is 11.6 Å². The average molecular weight is 259 g/mol. The molecule has 1 rings (SSSR count). The Bertz CT molecular complexity index is 450. The third-order valence-electron chi connectivity index (χ3n) is 1.86. The Balaban J connectivity index is 2.92. The first-order valence-corrected chi connectivity index (χ1v) is 5.13. The zero-order chi connectivity index (χ0) is 13.0. The third-order valence-corrected chi connectivity index (χ3v) is 2.17. The lowest BCUT2D eigenvalue weighted by atomic mass is 10.2. The molecule has 92 valence electrons. The van der Waals surface area contributed by atoms with Gasteiger partial charge in [-0.25, -0.2) is 4.98 Å². The van der Waals surface area contributed by atoms with E-state index in [9.17, 15) is 14.9 Å². The number of hydrogen-bond acceptors (Lipinski definition) is 5. The van der Waals surface area contributed by atoms with Gasteiger partial charge in [-0.15, -0.1) is 0 Å². The Morgan fingerprint density at radius 3 is 2.94 bits per heavy atom. The summed E-state index contributed by atoms with van der Waals surface area (Å²) in [6, 6.07) is 0.857. The molecule has 0 aliphatic rings. The fourth-order valence-corrected chi connectivity index (χ4v) is 1.23. The fraction of sp³-hybridized carbons (Fsp3) is 0.333. The van der Waals surface area contributed by atoms with Crippen molar-refractivity contribution < 1.29 is 9.72 Å². The highest BCUT2D eigenvalue weighted by molar-refractivity contribution is 6.32. The Hall–Kier alpha value is -1.73. The van der Waals surface area contributed by atoms with Gasteiger partial charge in [0, 0.05) is 18.7 Å². The van der Waals surface area contributed by atoms with Gasteiger partial charge in [0.2, 0.25) is 0 Å². The fourth-order valence-electron chi connectivity index (χ4n) is 1.05. The quantitative estimate of drug-likeness (QED) is 0.470. The van der Waals surface area contributed by atoms with Gasteiger partial charge in [0.1, 0.15) is 11.3 Å². The molecule has 8 heteroatoms. The normalized spacial score (nSPS) is 11.9. The maximum atomic E-state index is 11.6. The molecule has 0 aliphatic carbocycles. The molecule has 0 fully saturated rings. The van der Waals surface area contributed by atoms with Gasteiger partial charge in [-0.3, -0.25) is 14.9 Å². The first-order chi connectivity index (χ1) is 7.91. The van der Waals surface area contributed by atoms with Crippen LogP contribution in [0.25, 0.3) is 0 Å². The highest BCUT2D eigenvalue weighted by Crippen LogP contribution is 2.18. The predicted molar refractivity (Wildman–Crippen MR) is 61.9 cm³/mol. The molecule has 1 aromatic heterocycles. The Labute approximate surface area is 102 Å². The van der Waals surface area contributed by atoms with E-state index in [4.69, 9.17) is 17.3 Å². The summed E-state index contributed by atoms with van der Waals surface area (Å²) in [6.07, 6.45) is 0.991. The van der Waals surface area contributed by atoms with Crippen molar-refractivity contribution in [3.63, 3.8) is 0 Å². The summed E-state index contributed by atoms with van der Waals surface area (Å²) >= 11 is 5.69. The van der Waals surface area contributed by atoms with Crippen molar-refractivity contribution in [1.82, 2.24) is 10.3 Å². The number of halogens is 1. The van der Waals surface area contributed by atoms with Crippen LogP contribution in [0, 0.1) is 10.1 Å². The van der Waals surface area contributed by atoms with Crippen molar-refractivity contribution in [2.24, 2.45) is 5.73 Å². The lowest BCUT2D eigenvalue weighted by Crippen LogP contribution is -2.35. The van der Waals surface area contributed by atoms with Crippen molar-refractivity contribution in [1.29, 1.82) is 0 Å². The molecule has 0 saturated carbocycles. The van der Waals surface area contributed by atoms with E-state index in [1.54, 1.807) is 6.92 Å². The van der Waals surface area contributed by atoms with Crippen molar-refractivity contribution in [3.05, 3.63) is 33.1 Å². The minimum Gasteiger partial charge on any atom is -0.350 e. The largest absolute Gasteiger partial charge is 0.350 e. The summed E-state index contributed by atoms with van der Waals surface area (Å²) < 4.78 is 0. The molecule has 0 bridgehead atoms. The van der Waals surface area contributed by atoms with Crippen LogP contribution >= 0.6 is 11.6 Å². The van der Waals surface area contributed by atoms with E-state index in [1.807, 2.05) is 0 Å². The second-order valence-electron chi connectivity index (χ2n) is 3.48. The van der Waals surface area contributed by atoms with E-state index in [-0.39, 0.29) is 29.0 Å². The van der Waals surface area contributed by atoms with Crippen LogP contribution in [0.2, 0.25) is 5.15 Å². The molecule has 0 radical (unpaired) electrons. The van der Waals surface area contributed by atoms with Crippen LogP contribution in [0.4, 0.5) is 5.69 Å². The zero-order valence-corrected chi connectivity index (χ0v) is 9.77. The number of nitrogens with two attached hydrogens (primary N) is 1.